The third-order valence-electron chi connectivity index (χ3n) is 5.80. The van der Waals surface area contributed by atoms with Crippen LogP contribution in [-0.2, 0) is 4.79 Å². The number of para-hydroxylation sites is 1. The lowest BCUT2D eigenvalue weighted by atomic mass is 10.1. The van der Waals surface area contributed by atoms with Crippen LogP contribution < -0.4 is 9.47 Å². The van der Waals surface area contributed by atoms with Crippen LogP contribution in [0.1, 0.15) is 48.0 Å². The van der Waals surface area contributed by atoms with Crippen molar-refractivity contribution in [2.24, 2.45) is 0 Å². The van der Waals surface area contributed by atoms with Gasteiger partial charge in [-0.25, -0.2) is 4.79 Å². The van der Waals surface area contributed by atoms with Crippen LogP contribution in [0.5, 0.6) is 11.5 Å². The van der Waals surface area contributed by atoms with E-state index in [1.165, 1.54) is 23.9 Å². The van der Waals surface area contributed by atoms with Crippen molar-refractivity contribution in [2.75, 3.05) is 13.2 Å². The minimum Gasteiger partial charge on any atom is -0.494 e. The van der Waals surface area contributed by atoms with Crippen molar-refractivity contribution in [2.45, 2.75) is 48.4 Å². The number of ether oxygens (including phenoxy) is 2. The summed E-state index contributed by atoms with van der Waals surface area (Å²) in [6.07, 6.45) is 5.43. The van der Waals surface area contributed by atoms with Gasteiger partial charge in [0, 0.05) is 11.3 Å². The molecule has 0 aromatic heterocycles. The number of carbonyl (C=O) groups is 2. The van der Waals surface area contributed by atoms with Gasteiger partial charge in [0.15, 0.2) is 0 Å². The Morgan fingerprint density at radius 2 is 1.49 bits per heavy atom. The SMILES string of the molecule is O=C(O)CCC[C@H](O)[C@@H](/C=C/c1cccc(OCCCCOc2ccccc2)c1)Sc1ccc(C(=O)O)cc1. The zero-order valence-electron chi connectivity index (χ0n) is 21.6. The monoisotopic (exact) mass is 550 g/mol. The molecule has 0 saturated heterocycles. The van der Waals surface area contributed by atoms with Crippen molar-refractivity contribution >= 4 is 29.8 Å². The number of aliphatic carboxylic acids is 1. The summed E-state index contributed by atoms with van der Waals surface area (Å²) in [5, 5.41) is 28.5. The first-order valence-corrected chi connectivity index (χ1v) is 13.8. The molecule has 0 amide bonds. The summed E-state index contributed by atoms with van der Waals surface area (Å²) in [6, 6.07) is 23.8. The molecule has 3 aromatic carbocycles. The van der Waals surface area contributed by atoms with E-state index in [0.717, 1.165) is 34.8 Å². The topological polar surface area (TPSA) is 113 Å². The summed E-state index contributed by atoms with van der Waals surface area (Å²) < 4.78 is 11.6. The Morgan fingerprint density at radius 1 is 0.821 bits per heavy atom. The van der Waals surface area contributed by atoms with E-state index in [0.29, 0.717) is 26.1 Å². The quantitative estimate of drug-likeness (QED) is 0.130. The Bertz CT molecular complexity index is 1200. The number of aliphatic hydroxyl groups excluding tert-OH is 1. The van der Waals surface area contributed by atoms with Gasteiger partial charge in [-0.3, -0.25) is 4.79 Å². The average molecular weight is 551 g/mol. The van der Waals surface area contributed by atoms with Gasteiger partial charge < -0.3 is 24.8 Å². The summed E-state index contributed by atoms with van der Waals surface area (Å²) in [6.45, 7) is 1.20. The lowest BCUT2D eigenvalue weighted by Crippen LogP contribution is -2.21. The Balaban J connectivity index is 1.55. The maximum atomic E-state index is 11.1. The number of benzene rings is 3. The van der Waals surface area contributed by atoms with E-state index in [-0.39, 0.29) is 17.2 Å². The minimum absolute atomic E-state index is 0.0107. The second-order valence-electron chi connectivity index (χ2n) is 8.91. The van der Waals surface area contributed by atoms with Crippen LogP contribution in [0, 0.1) is 0 Å². The fourth-order valence-electron chi connectivity index (χ4n) is 3.72. The molecular weight excluding hydrogens is 516 g/mol. The second kappa shape index (κ2) is 16.3. The molecule has 0 saturated carbocycles. The fourth-order valence-corrected chi connectivity index (χ4v) is 4.78. The number of carboxylic acid groups (broad SMARTS) is 2. The maximum absolute atomic E-state index is 11.1. The highest BCUT2D eigenvalue weighted by molar-refractivity contribution is 8.00. The van der Waals surface area contributed by atoms with Crippen LogP contribution in [0.4, 0.5) is 0 Å². The number of hydrogen-bond donors (Lipinski definition) is 3. The number of carboxylic acids is 2. The molecule has 0 aliphatic carbocycles. The molecule has 0 unspecified atom stereocenters. The Morgan fingerprint density at radius 3 is 2.15 bits per heavy atom. The second-order valence-corrected chi connectivity index (χ2v) is 10.2. The molecule has 0 fully saturated rings. The molecule has 7 nitrogen and oxygen atoms in total. The normalized spacial score (nSPS) is 12.6. The van der Waals surface area contributed by atoms with Gasteiger partial charge in [0.25, 0.3) is 0 Å². The van der Waals surface area contributed by atoms with Gasteiger partial charge >= 0.3 is 11.9 Å². The predicted octanol–water partition coefficient (Wildman–Crippen LogP) is 6.41. The van der Waals surface area contributed by atoms with Gasteiger partial charge in [0.05, 0.1) is 30.1 Å². The zero-order valence-corrected chi connectivity index (χ0v) is 22.5. The first-order valence-electron chi connectivity index (χ1n) is 12.9. The summed E-state index contributed by atoms with van der Waals surface area (Å²) in [4.78, 5) is 22.8. The average Bonchev–Trinajstić information content (AvgIpc) is 2.93. The summed E-state index contributed by atoms with van der Waals surface area (Å²) in [5.74, 6) is -0.290. The third kappa shape index (κ3) is 11.3. The van der Waals surface area contributed by atoms with Crippen molar-refractivity contribution in [3.8, 4) is 11.5 Å². The van der Waals surface area contributed by atoms with Gasteiger partial charge in [-0.2, -0.15) is 0 Å². The lowest BCUT2D eigenvalue weighted by Gasteiger charge is -2.19. The smallest absolute Gasteiger partial charge is 0.335 e. The summed E-state index contributed by atoms with van der Waals surface area (Å²) >= 11 is 1.40. The van der Waals surface area contributed by atoms with Crippen LogP contribution in [0.25, 0.3) is 6.08 Å². The molecular formula is C31H34O7S. The summed E-state index contributed by atoms with van der Waals surface area (Å²) in [5.41, 5.74) is 1.10. The number of thioether (sulfide) groups is 1. The molecule has 0 aliphatic rings. The van der Waals surface area contributed by atoms with Crippen LogP contribution in [0.2, 0.25) is 0 Å². The van der Waals surface area contributed by atoms with E-state index in [4.69, 9.17) is 19.7 Å². The van der Waals surface area contributed by atoms with Gasteiger partial charge in [-0.1, -0.05) is 42.5 Å². The van der Waals surface area contributed by atoms with Crippen LogP contribution in [0.15, 0.2) is 89.8 Å². The fraction of sp³-hybridized carbons (Fsp3) is 0.290. The Kier molecular flexibility index (Phi) is 12.4. The van der Waals surface area contributed by atoms with E-state index in [2.05, 4.69) is 0 Å². The van der Waals surface area contributed by atoms with E-state index in [1.807, 2.05) is 66.7 Å². The molecule has 3 N–H and O–H groups in total. The zero-order chi connectivity index (χ0) is 27.9. The van der Waals surface area contributed by atoms with Gasteiger partial charge in [-0.05, 0) is 79.8 Å². The number of rotatable bonds is 17. The van der Waals surface area contributed by atoms with E-state index < -0.39 is 18.0 Å². The van der Waals surface area contributed by atoms with Crippen LogP contribution >= 0.6 is 11.8 Å². The molecule has 2 atom stereocenters. The molecule has 3 rings (SSSR count). The van der Waals surface area contributed by atoms with E-state index in [1.54, 1.807) is 12.1 Å². The number of aliphatic hydroxyl groups is 1. The highest BCUT2D eigenvalue weighted by Crippen LogP contribution is 2.29. The molecule has 0 heterocycles. The Hall–Kier alpha value is -3.75. The predicted molar refractivity (Wildman–Crippen MR) is 153 cm³/mol. The third-order valence-corrected chi connectivity index (χ3v) is 7.09. The van der Waals surface area contributed by atoms with Crippen molar-refractivity contribution < 1.29 is 34.4 Å². The van der Waals surface area contributed by atoms with Crippen LogP contribution in [-0.4, -0.2) is 51.8 Å². The number of hydrogen-bond acceptors (Lipinski definition) is 6. The summed E-state index contributed by atoms with van der Waals surface area (Å²) in [7, 11) is 0. The van der Waals surface area contributed by atoms with E-state index >= 15 is 0 Å². The van der Waals surface area contributed by atoms with Gasteiger partial charge in [0.2, 0.25) is 0 Å². The maximum Gasteiger partial charge on any atom is 0.335 e. The highest BCUT2D eigenvalue weighted by Gasteiger charge is 2.18. The van der Waals surface area contributed by atoms with Gasteiger partial charge in [0.1, 0.15) is 11.5 Å². The van der Waals surface area contributed by atoms with Crippen molar-refractivity contribution in [3.63, 3.8) is 0 Å². The van der Waals surface area contributed by atoms with Gasteiger partial charge in [-0.15, -0.1) is 11.8 Å². The largest absolute Gasteiger partial charge is 0.494 e. The molecule has 3 aromatic rings. The molecule has 0 bridgehead atoms. The number of aromatic carboxylic acids is 1. The van der Waals surface area contributed by atoms with Crippen LogP contribution in [0.3, 0.4) is 0 Å². The highest BCUT2D eigenvalue weighted by atomic mass is 32.2. The molecule has 206 valence electrons. The van der Waals surface area contributed by atoms with Crippen molar-refractivity contribution in [1.82, 2.24) is 0 Å². The first kappa shape index (κ1) is 29.8. The Labute approximate surface area is 233 Å². The molecule has 39 heavy (non-hydrogen) atoms. The minimum atomic E-state index is -1.00. The number of unbranched alkanes of at least 4 members (excludes halogenated alkanes) is 1. The van der Waals surface area contributed by atoms with Crippen molar-refractivity contribution in [1.29, 1.82) is 0 Å². The van der Waals surface area contributed by atoms with Crippen molar-refractivity contribution in [3.05, 3.63) is 96.1 Å². The standard InChI is InChI=1S/C31H34O7S/c32-28(12-7-13-30(33)34)29(39-27-17-15-24(16-18-27)31(35)36)19-14-23-8-6-11-26(22-23)38-21-5-4-20-37-25-9-2-1-3-10-25/h1-3,6,8-11,14-19,22,28-29,32H,4-5,7,12-13,20-21H2,(H,33,34)(H,35,36)/b19-14+/t28-,29+/m0/s1. The molecule has 8 heteroatoms. The molecule has 0 radical (unpaired) electrons. The molecule has 0 aliphatic heterocycles. The lowest BCUT2D eigenvalue weighted by molar-refractivity contribution is -0.137. The molecule has 0 spiro atoms. The first-order chi connectivity index (χ1) is 18.9. The van der Waals surface area contributed by atoms with E-state index in [9.17, 15) is 14.7 Å².